The van der Waals surface area contributed by atoms with Gasteiger partial charge in [-0.3, -0.25) is 4.79 Å². The number of hydrogen-bond acceptors (Lipinski definition) is 3. The zero-order chi connectivity index (χ0) is 13.8. The zero-order valence-corrected chi connectivity index (χ0v) is 9.52. The Morgan fingerprint density at radius 1 is 1.26 bits per heavy atom. The average molecular weight is 259 g/mol. The second kappa shape index (κ2) is 5.23. The summed E-state index contributed by atoms with van der Waals surface area (Å²) in [5.74, 6) is -1.95. The molecule has 94 valence electrons. The first-order valence-electron chi connectivity index (χ1n) is 5.23. The molecular weight excluding hydrogens is 252 g/mol. The van der Waals surface area contributed by atoms with E-state index in [-0.39, 0.29) is 16.9 Å². The molecule has 2 aromatic rings. The summed E-state index contributed by atoms with van der Waals surface area (Å²) >= 11 is 0. The largest absolute Gasteiger partial charge is 0.319 e. The third kappa shape index (κ3) is 2.72. The Morgan fingerprint density at radius 2 is 2.05 bits per heavy atom. The first-order chi connectivity index (χ1) is 9.11. The second-order valence-corrected chi connectivity index (χ2v) is 3.59. The van der Waals surface area contributed by atoms with Crippen LogP contribution in [0, 0.1) is 23.0 Å². The number of pyridine rings is 1. The standard InChI is InChI=1S/C13H7F2N3O/c14-8-4-5-12(17-7-8)13(19)18-11-3-1-2-10(15)9(11)6-16/h1-5,7H,(H,18,19). The molecule has 0 unspecified atom stereocenters. The average Bonchev–Trinajstić information content (AvgIpc) is 2.39. The van der Waals surface area contributed by atoms with E-state index in [9.17, 15) is 13.6 Å². The summed E-state index contributed by atoms with van der Waals surface area (Å²) in [6.45, 7) is 0. The van der Waals surface area contributed by atoms with Crippen molar-refractivity contribution >= 4 is 11.6 Å². The molecule has 0 bridgehead atoms. The van der Waals surface area contributed by atoms with Gasteiger partial charge in [-0.1, -0.05) is 6.07 Å². The Balaban J connectivity index is 2.27. The Labute approximate surface area is 107 Å². The lowest BCUT2D eigenvalue weighted by Crippen LogP contribution is -2.14. The molecule has 4 nitrogen and oxygen atoms in total. The highest BCUT2D eigenvalue weighted by Gasteiger charge is 2.12. The number of rotatable bonds is 2. The second-order valence-electron chi connectivity index (χ2n) is 3.59. The summed E-state index contributed by atoms with van der Waals surface area (Å²) in [7, 11) is 0. The molecule has 0 aliphatic carbocycles. The number of halogens is 2. The first-order valence-corrected chi connectivity index (χ1v) is 5.23. The molecule has 1 aromatic heterocycles. The van der Waals surface area contributed by atoms with Gasteiger partial charge in [0.05, 0.1) is 11.9 Å². The van der Waals surface area contributed by atoms with Crippen LogP contribution in [0.4, 0.5) is 14.5 Å². The lowest BCUT2D eigenvalue weighted by molar-refractivity contribution is 0.102. The highest BCUT2D eigenvalue weighted by Crippen LogP contribution is 2.18. The van der Waals surface area contributed by atoms with Crippen molar-refractivity contribution in [1.82, 2.24) is 4.98 Å². The number of carbonyl (C=O) groups excluding carboxylic acids is 1. The zero-order valence-electron chi connectivity index (χ0n) is 9.52. The molecule has 1 heterocycles. The van der Waals surface area contributed by atoms with Crippen molar-refractivity contribution in [1.29, 1.82) is 5.26 Å². The third-order valence-corrected chi connectivity index (χ3v) is 2.33. The number of carbonyl (C=O) groups is 1. The number of nitriles is 1. The number of anilines is 1. The summed E-state index contributed by atoms with van der Waals surface area (Å²) < 4.78 is 26.0. The van der Waals surface area contributed by atoms with Gasteiger partial charge in [-0.05, 0) is 24.3 Å². The van der Waals surface area contributed by atoms with E-state index < -0.39 is 17.5 Å². The number of amides is 1. The SMILES string of the molecule is N#Cc1c(F)cccc1NC(=O)c1ccc(F)cn1. The Morgan fingerprint density at radius 3 is 2.68 bits per heavy atom. The van der Waals surface area contributed by atoms with Crippen LogP contribution in [0.15, 0.2) is 36.5 Å². The molecule has 0 fully saturated rings. The van der Waals surface area contributed by atoms with Crippen LogP contribution in [0.25, 0.3) is 0 Å². The van der Waals surface area contributed by atoms with Gasteiger partial charge < -0.3 is 5.32 Å². The van der Waals surface area contributed by atoms with Crippen molar-refractivity contribution in [3.8, 4) is 6.07 Å². The lowest BCUT2D eigenvalue weighted by Gasteiger charge is -2.06. The maximum absolute atomic E-state index is 13.3. The molecule has 1 amide bonds. The van der Waals surface area contributed by atoms with Crippen molar-refractivity contribution in [2.75, 3.05) is 5.32 Å². The quantitative estimate of drug-likeness (QED) is 0.901. The number of nitrogens with one attached hydrogen (secondary N) is 1. The van der Waals surface area contributed by atoms with Crippen LogP contribution in [0.1, 0.15) is 16.1 Å². The molecule has 1 aromatic carbocycles. The van der Waals surface area contributed by atoms with E-state index in [4.69, 9.17) is 5.26 Å². The first kappa shape index (κ1) is 12.6. The van der Waals surface area contributed by atoms with Crippen LogP contribution in [0.5, 0.6) is 0 Å². The van der Waals surface area contributed by atoms with E-state index in [1.54, 1.807) is 6.07 Å². The highest BCUT2D eigenvalue weighted by molar-refractivity contribution is 6.03. The summed E-state index contributed by atoms with van der Waals surface area (Å²) in [5, 5.41) is 11.2. The highest BCUT2D eigenvalue weighted by atomic mass is 19.1. The minimum atomic E-state index is -0.729. The van der Waals surface area contributed by atoms with Crippen LogP contribution in [0.3, 0.4) is 0 Å². The Bertz CT molecular complexity index is 663. The maximum atomic E-state index is 13.3. The van der Waals surface area contributed by atoms with Crippen molar-refractivity contribution in [3.63, 3.8) is 0 Å². The molecular formula is C13H7F2N3O. The van der Waals surface area contributed by atoms with Crippen molar-refractivity contribution in [3.05, 3.63) is 59.4 Å². The Kier molecular flexibility index (Phi) is 3.48. The Hall–Kier alpha value is -2.81. The van der Waals surface area contributed by atoms with Gasteiger partial charge in [0.2, 0.25) is 0 Å². The van der Waals surface area contributed by atoms with Gasteiger partial charge >= 0.3 is 0 Å². The molecule has 1 N–H and O–H groups in total. The van der Waals surface area contributed by atoms with Gasteiger partial charge in [0.25, 0.3) is 5.91 Å². The molecule has 0 atom stereocenters. The van der Waals surface area contributed by atoms with Gasteiger partial charge in [-0.15, -0.1) is 0 Å². The predicted octanol–water partition coefficient (Wildman–Crippen LogP) is 2.48. The van der Waals surface area contributed by atoms with E-state index >= 15 is 0 Å². The molecule has 0 saturated carbocycles. The fraction of sp³-hybridized carbons (Fsp3) is 0. The fourth-order valence-electron chi connectivity index (χ4n) is 1.44. The van der Waals surface area contributed by atoms with E-state index in [1.165, 1.54) is 18.2 Å². The molecule has 0 saturated heterocycles. The van der Waals surface area contributed by atoms with Crippen molar-refractivity contribution < 1.29 is 13.6 Å². The van der Waals surface area contributed by atoms with E-state index in [1.807, 2.05) is 0 Å². The monoisotopic (exact) mass is 259 g/mol. The van der Waals surface area contributed by atoms with Crippen molar-refractivity contribution in [2.45, 2.75) is 0 Å². The van der Waals surface area contributed by atoms with E-state index in [2.05, 4.69) is 10.3 Å². The van der Waals surface area contributed by atoms with Gasteiger partial charge in [-0.25, -0.2) is 13.8 Å². The minimum Gasteiger partial charge on any atom is -0.319 e. The topological polar surface area (TPSA) is 65.8 Å². The molecule has 0 aliphatic rings. The molecule has 2 rings (SSSR count). The normalized spacial score (nSPS) is 9.74. The van der Waals surface area contributed by atoms with Crippen LogP contribution >= 0.6 is 0 Å². The molecule has 0 aliphatic heterocycles. The van der Waals surface area contributed by atoms with Gasteiger partial charge in [-0.2, -0.15) is 5.26 Å². The van der Waals surface area contributed by atoms with Crippen LogP contribution in [-0.2, 0) is 0 Å². The van der Waals surface area contributed by atoms with Crippen LogP contribution in [-0.4, -0.2) is 10.9 Å². The number of hydrogen-bond donors (Lipinski definition) is 1. The molecule has 19 heavy (non-hydrogen) atoms. The summed E-state index contributed by atoms with van der Waals surface area (Å²) in [5.41, 5.74) is -0.258. The van der Waals surface area contributed by atoms with Crippen LogP contribution in [0.2, 0.25) is 0 Å². The number of aromatic nitrogens is 1. The fourth-order valence-corrected chi connectivity index (χ4v) is 1.44. The maximum Gasteiger partial charge on any atom is 0.274 e. The third-order valence-electron chi connectivity index (χ3n) is 2.33. The summed E-state index contributed by atoms with van der Waals surface area (Å²) in [6, 6.07) is 7.80. The summed E-state index contributed by atoms with van der Waals surface area (Å²) in [6.07, 6.45) is 0.895. The van der Waals surface area contributed by atoms with Gasteiger partial charge in [0.1, 0.15) is 29.0 Å². The number of nitrogens with zero attached hydrogens (tertiary/aromatic N) is 2. The predicted molar refractivity (Wildman–Crippen MR) is 63.3 cm³/mol. The summed E-state index contributed by atoms with van der Waals surface area (Å²) in [4.78, 5) is 15.4. The van der Waals surface area contributed by atoms with Crippen LogP contribution < -0.4 is 5.32 Å². The van der Waals surface area contributed by atoms with Gasteiger partial charge in [0, 0.05) is 0 Å². The molecule has 0 radical (unpaired) electrons. The van der Waals surface area contributed by atoms with E-state index in [0.717, 1.165) is 18.3 Å². The van der Waals surface area contributed by atoms with Gasteiger partial charge in [0.15, 0.2) is 0 Å². The lowest BCUT2D eigenvalue weighted by atomic mass is 10.2. The van der Waals surface area contributed by atoms with Crippen molar-refractivity contribution in [2.24, 2.45) is 0 Å². The molecule has 0 spiro atoms. The smallest absolute Gasteiger partial charge is 0.274 e. The molecule has 6 heteroatoms. The van der Waals surface area contributed by atoms with E-state index in [0.29, 0.717) is 0 Å². The number of benzene rings is 1. The minimum absolute atomic E-state index is 0.0328.